The second-order valence-electron chi connectivity index (χ2n) is 4.04. The van der Waals surface area contributed by atoms with E-state index in [1.807, 2.05) is 38.1 Å². The molecule has 0 atom stereocenters. The fourth-order valence-corrected chi connectivity index (χ4v) is 1.64. The van der Waals surface area contributed by atoms with E-state index >= 15 is 0 Å². The molecule has 1 aromatic carbocycles. The van der Waals surface area contributed by atoms with Gasteiger partial charge >= 0.3 is 0 Å². The zero-order valence-electron chi connectivity index (χ0n) is 12.0. The van der Waals surface area contributed by atoms with Crippen LogP contribution in [0.5, 0.6) is 0 Å². The molecule has 0 aliphatic carbocycles. The van der Waals surface area contributed by atoms with Gasteiger partial charge in [0.1, 0.15) is 6.29 Å². The summed E-state index contributed by atoms with van der Waals surface area (Å²) >= 11 is 0. The Bertz CT molecular complexity index is 339. The first-order valence-electron chi connectivity index (χ1n) is 7.08. The van der Waals surface area contributed by atoms with Gasteiger partial charge in [0.2, 0.25) is 0 Å². The molecule has 0 heterocycles. The van der Waals surface area contributed by atoms with Gasteiger partial charge in [0, 0.05) is 5.56 Å². The fraction of sp³-hybridized carbons (Fsp3) is 0.471. The van der Waals surface area contributed by atoms with E-state index in [0.717, 1.165) is 23.8 Å². The van der Waals surface area contributed by atoms with Gasteiger partial charge in [0.25, 0.3) is 0 Å². The SMILES string of the molecule is CC.CCCCCC/C=C/c1cccc(C=O)c1. The summed E-state index contributed by atoms with van der Waals surface area (Å²) in [6, 6.07) is 7.68. The van der Waals surface area contributed by atoms with Gasteiger partial charge in [-0.05, 0) is 24.5 Å². The van der Waals surface area contributed by atoms with Gasteiger partial charge in [0.05, 0.1) is 0 Å². The van der Waals surface area contributed by atoms with Gasteiger partial charge in [-0.25, -0.2) is 0 Å². The Hall–Kier alpha value is -1.37. The summed E-state index contributed by atoms with van der Waals surface area (Å²) in [6.45, 7) is 6.22. The lowest BCUT2D eigenvalue weighted by Crippen LogP contribution is -1.80. The van der Waals surface area contributed by atoms with Gasteiger partial charge < -0.3 is 0 Å². The van der Waals surface area contributed by atoms with Gasteiger partial charge in [-0.2, -0.15) is 0 Å². The fourth-order valence-electron chi connectivity index (χ4n) is 1.64. The van der Waals surface area contributed by atoms with Crippen LogP contribution in [0, 0.1) is 0 Å². The third-order valence-electron chi connectivity index (χ3n) is 2.58. The van der Waals surface area contributed by atoms with Crippen molar-refractivity contribution in [2.75, 3.05) is 0 Å². The highest BCUT2D eigenvalue weighted by Gasteiger charge is 1.90. The minimum Gasteiger partial charge on any atom is -0.298 e. The number of carbonyl (C=O) groups is 1. The van der Waals surface area contributed by atoms with Crippen molar-refractivity contribution in [1.82, 2.24) is 0 Å². The molecule has 0 saturated carbocycles. The van der Waals surface area contributed by atoms with Crippen LogP contribution in [-0.4, -0.2) is 6.29 Å². The van der Waals surface area contributed by atoms with Crippen molar-refractivity contribution < 1.29 is 4.79 Å². The van der Waals surface area contributed by atoms with Crippen LogP contribution < -0.4 is 0 Å². The van der Waals surface area contributed by atoms with Crippen LogP contribution in [0.3, 0.4) is 0 Å². The quantitative estimate of drug-likeness (QED) is 0.458. The third kappa shape index (κ3) is 7.83. The van der Waals surface area contributed by atoms with E-state index in [0.29, 0.717) is 0 Å². The van der Waals surface area contributed by atoms with Crippen molar-refractivity contribution in [1.29, 1.82) is 0 Å². The summed E-state index contributed by atoms with van der Waals surface area (Å²) in [4.78, 5) is 10.6. The molecule has 0 saturated heterocycles. The van der Waals surface area contributed by atoms with Gasteiger partial charge in [-0.3, -0.25) is 4.79 Å². The van der Waals surface area contributed by atoms with Crippen LogP contribution in [0.1, 0.15) is 68.8 Å². The summed E-state index contributed by atoms with van der Waals surface area (Å²) in [5, 5.41) is 0. The van der Waals surface area contributed by atoms with Crippen molar-refractivity contribution in [2.24, 2.45) is 0 Å². The molecule has 0 aliphatic rings. The first-order valence-corrected chi connectivity index (χ1v) is 7.08. The number of hydrogen-bond acceptors (Lipinski definition) is 1. The molecule has 0 unspecified atom stereocenters. The lowest BCUT2D eigenvalue weighted by atomic mass is 10.1. The van der Waals surface area contributed by atoms with Crippen LogP contribution in [-0.2, 0) is 0 Å². The molecule has 1 rings (SSSR count). The smallest absolute Gasteiger partial charge is 0.150 e. The average molecular weight is 246 g/mol. The van der Waals surface area contributed by atoms with E-state index in [1.165, 1.54) is 25.7 Å². The molecule has 1 heteroatoms. The second-order valence-corrected chi connectivity index (χ2v) is 4.04. The Kier molecular flexibility index (Phi) is 11.2. The summed E-state index contributed by atoms with van der Waals surface area (Å²) in [5.41, 5.74) is 1.85. The maximum atomic E-state index is 10.6. The van der Waals surface area contributed by atoms with E-state index in [2.05, 4.69) is 19.1 Å². The molecule has 0 spiro atoms. The van der Waals surface area contributed by atoms with Crippen LogP contribution >= 0.6 is 0 Å². The molecule has 18 heavy (non-hydrogen) atoms. The molecule has 0 fully saturated rings. The first-order chi connectivity index (χ1) is 8.86. The number of aldehydes is 1. The lowest BCUT2D eigenvalue weighted by Gasteiger charge is -1.96. The van der Waals surface area contributed by atoms with E-state index in [1.54, 1.807) is 0 Å². The molecule has 0 N–H and O–H groups in total. The highest BCUT2D eigenvalue weighted by Crippen LogP contribution is 2.08. The van der Waals surface area contributed by atoms with Crippen LogP contribution in [0.15, 0.2) is 30.3 Å². The molecular weight excluding hydrogens is 220 g/mol. The van der Waals surface area contributed by atoms with E-state index in [-0.39, 0.29) is 0 Å². The number of hydrogen-bond donors (Lipinski definition) is 0. The minimum atomic E-state index is 0.744. The van der Waals surface area contributed by atoms with Gasteiger partial charge in [-0.15, -0.1) is 0 Å². The van der Waals surface area contributed by atoms with Crippen LogP contribution in [0.2, 0.25) is 0 Å². The Labute approximate surface area is 112 Å². The molecular formula is C17H26O. The summed E-state index contributed by atoms with van der Waals surface area (Å²) in [7, 11) is 0. The zero-order valence-corrected chi connectivity index (χ0v) is 12.0. The van der Waals surface area contributed by atoms with Crippen molar-refractivity contribution in [3.63, 3.8) is 0 Å². The normalized spacial score (nSPS) is 9.94. The number of unbranched alkanes of at least 4 members (excludes halogenated alkanes) is 4. The Morgan fingerprint density at radius 2 is 1.78 bits per heavy atom. The number of rotatable bonds is 7. The maximum Gasteiger partial charge on any atom is 0.150 e. The van der Waals surface area contributed by atoms with Gasteiger partial charge in [0.15, 0.2) is 0 Å². The topological polar surface area (TPSA) is 17.1 Å². The number of allylic oxidation sites excluding steroid dienone is 1. The van der Waals surface area contributed by atoms with Crippen molar-refractivity contribution in [3.05, 3.63) is 41.5 Å². The molecule has 0 aliphatic heterocycles. The van der Waals surface area contributed by atoms with E-state index in [9.17, 15) is 4.79 Å². The summed E-state index contributed by atoms with van der Waals surface area (Å²) < 4.78 is 0. The predicted molar refractivity (Wildman–Crippen MR) is 81.0 cm³/mol. The summed E-state index contributed by atoms with van der Waals surface area (Å²) in [6.07, 6.45) is 11.5. The molecule has 0 bridgehead atoms. The molecule has 0 amide bonds. The molecule has 0 radical (unpaired) electrons. The Morgan fingerprint density at radius 3 is 2.44 bits per heavy atom. The zero-order chi connectivity index (χ0) is 13.6. The highest BCUT2D eigenvalue weighted by atomic mass is 16.1. The van der Waals surface area contributed by atoms with Crippen molar-refractivity contribution in [2.45, 2.75) is 52.9 Å². The Morgan fingerprint density at radius 1 is 1.06 bits per heavy atom. The van der Waals surface area contributed by atoms with Crippen LogP contribution in [0.25, 0.3) is 6.08 Å². The highest BCUT2D eigenvalue weighted by molar-refractivity contribution is 5.76. The standard InChI is InChI=1S/C15H20O.C2H6/c1-2-3-4-5-6-7-9-14-10-8-11-15(12-14)13-16;1-2/h7-13H,2-6H2,1H3;1-2H3/b9-7+;. The van der Waals surface area contributed by atoms with Gasteiger partial charge in [-0.1, -0.05) is 70.4 Å². The molecule has 1 nitrogen and oxygen atoms in total. The Balaban J connectivity index is 0.00000137. The third-order valence-corrected chi connectivity index (χ3v) is 2.58. The summed E-state index contributed by atoms with van der Waals surface area (Å²) in [5.74, 6) is 0. The average Bonchev–Trinajstić information content (AvgIpc) is 2.45. The molecule has 0 aromatic heterocycles. The number of benzene rings is 1. The van der Waals surface area contributed by atoms with E-state index < -0.39 is 0 Å². The molecule has 100 valence electrons. The van der Waals surface area contributed by atoms with Crippen molar-refractivity contribution in [3.8, 4) is 0 Å². The predicted octanol–water partition coefficient (Wildman–Crippen LogP) is 5.51. The largest absolute Gasteiger partial charge is 0.298 e. The van der Waals surface area contributed by atoms with E-state index in [4.69, 9.17) is 0 Å². The minimum absolute atomic E-state index is 0.744. The second kappa shape index (κ2) is 12.1. The van der Waals surface area contributed by atoms with Crippen LogP contribution in [0.4, 0.5) is 0 Å². The number of carbonyl (C=O) groups excluding carboxylic acids is 1. The monoisotopic (exact) mass is 246 g/mol. The first kappa shape index (κ1) is 16.6. The van der Waals surface area contributed by atoms with Crippen molar-refractivity contribution >= 4 is 12.4 Å². The lowest BCUT2D eigenvalue weighted by molar-refractivity contribution is 0.112. The molecule has 1 aromatic rings. The maximum absolute atomic E-state index is 10.6.